The summed E-state index contributed by atoms with van der Waals surface area (Å²) in [4.78, 5) is 0. The van der Waals surface area contributed by atoms with Gasteiger partial charge in [-0.2, -0.15) is 5.10 Å². The summed E-state index contributed by atoms with van der Waals surface area (Å²) in [5.41, 5.74) is 2.37. The SMILES string of the molecule is C/C(CCc1ccc(O)cc1)=N/N1CCOCC1. The van der Waals surface area contributed by atoms with Gasteiger partial charge in [0.15, 0.2) is 0 Å². The molecule has 1 aromatic rings. The first-order valence-corrected chi connectivity index (χ1v) is 6.39. The smallest absolute Gasteiger partial charge is 0.115 e. The minimum absolute atomic E-state index is 0.317. The molecule has 0 aliphatic carbocycles. The monoisotopic (exact) mass is 248 g/mol. The van der Waals surface area contributed by atoms with Gasteiger partial charge in [0.2, 0.25) is 0 Å². The van der Waals surface area contributed by atoms with Crippen LogP contribution in [0.1, 0.15) is 18.9 Å². The maximum atomic E-state index is 9.21. The number of phenolic OH excluding ortho intramolecular Hbond substituents is 1. The summed E-state index contributed by atoms with van der Waals surface area (Å²) < 4.78 is 5.29. The van der Waals surface area contributed by atoms with Gasteiger partial charge in [0, 0.05) is 5.71 Å². The summed E-state index contributed by atoms with van der Waals surface area (Å²) in [6.45, 7) is 5.38. The van der Waals surface area contributed by atoms with Gasteiger partial charge in [-0.25, -0.2) is 0 Å². The van der Waals surface area contributed by atoms with Crippen LogP contribution in [0.2, 0.25) is 0 Å². The molecule has 0 spiro atoms. The van der Waals surface area contributed by atoms with E-state index < -0.39 is 0 Å². The van der Waals surface area contributed by atoms with Crippen molar-refractivity contribution in [2.75, 3.05) is 26.3 Å². The molecule has 1 aliphatic heterocycles. The summed E-state index contributed by atoms with van der Waals surface area (Å²) in [5.74, 6) is 0.317. The van der Waals surface area contributed by atoms with E-state index in [9.17, 15) is 5.11 Å². The molecule has 4 nitrogen and oxygen atoms in total. The Kier molecular flexibility index (Phi) is 4.59. The average Bonchev–Trinajstić information content (AvgIpc) is 2.39. The summed E-state index contributed by atoms with van der Waals surface area (Å²) >= 11 is 0. The lowest BCUT2D eigenvalue weighted by Crippen LogP contribution is -2.32. The Balaban J connectivity index is 1.81. The van der Waals surface area contributed by atoms with E-state index in [-0.39, 0.29) is 0 Å². The minimum atomic E-state index is 0.317. The zero-order chi connectivity index (χ0) is 12.8. The van der Waals surface area contributed by atoms with Crippen LogP contribution in [-0.2, 0) is 11.2 Å². The Hall–Kier alpha value is -1.55. The second-order valence-electron chi connectivity index (χ2n) is 4.57. The molecular weight excluding hydrogens is 228 g/mol. The van der Waals surface area contributed by atoms with Crippen LogP contribution in [0.3, 0.4) is 0 Å². The molecule has 98 valence electrons. The van der Waals surface area contributed by atoms with Crippen LogP contribution < -0.4 is 0 Å². The van der Waals surface area contributed by atoms with Crippen LogP contribution in [0.15, 0.2) is 29.4 Å². The number of rotatable bonds is 4. The van der Waals surface area contributed by atoms with Gasteiger partial charge in [0.05, 0.1) is 26.3 Å². The van der Waals surface area contributed by atoms with Crippen LogP contribution in [-0.4, -0.2) is 42.1 Å². The first-order chi connectivity index (χ1) is 8.74. The fourth-order valence-corrected chi connectivity index (χ4v) is 1.93. The Morgan fingerprint density at radius 3 is 2.61 bits per heavy atom. The van der Waals surface area contributed by atoms with Gasteiger partial charge in [0.25, 0.3) is 0 Å². The van der Waals surface area contributed by atoms with Gasteiger partial charge < -0.3 is 9.84 Å². The highest BCUT2D eigenvalue weighted by molar-refractivity contribution is 5.81. The normalized spacial score (nSPS) is 16.9. The van der Waals surface area contributed by atoms with E-state index in [0.29, 0.717) is 5.75 Å². The van der Waals surface area contributed by atoms with Crippen LogP contribution in [0, 0.1) is 0 Å². The van der Waals surface area contributed by atoms with Crippen molar-refractivity contribution in [2.24, 2.45) is 5.10 Å². The second kappa shape index (κ2) is 6.40. The molecule has 0 amide bonds. The number of hydrogen-bond donors (Lipinski definition) is 1. The molecule has 1 saturated heterocycles. The number of benzene rings is 1. The molecule has 4 heteroatoms. The summed E-state index contributed by atoms with van der Waals surface area (Å²) in [7, 11) is 0. The number of aryl methyl sites for hydroxylation is 1. The fraction of sp³-hybridized carbons (Fsp3) is 0.500. The fourth-order valence-electron chi connectivity index (χ4n) is 1.93. The van der Waals surface area contributed by atoms with E-state index in [0.717, 1.165) is 44.9 Å². The van der Waals surface area contributed by atoms with Crippen molar-refractivity contribution < 1.29 is 9.84 Å². The third-order valence-corrected chi connectivity index (χ3v) is 3.01. The predicted octanol–water partition coefficient (Wildman–Crippen LogP) is 2.03. The molecular formula is C14H20N2O2. The van der Waals surface area contributed by atoms with E-state index in [1.807, 2.05) is 12.1 Å². The lowest BCUT2D eigenvalue weighted by molar-refractivity contribution is 0.0392. The number of aromatic hydroxyl groups is 1. The molecule has 18 heavy (non-hydrogen) atoms. The Morgan fingerprint density at radius 2 is 1.94 bits per heavy atom. The van der Waals surface area contributed by atoms with E-state index >= 15 is 0 Å². The van der Waals surface area contributed by atoms with Crippen molar-refractivity contribution in [1.29, 1.82) is 0 Å². The molecule has 0 bridgehead atoms. The molecule has 1 aromatic carbocycles. The highest BCUT2D eigenvalue weighted by atomic mass is 16.5. The van der Waals surface area contributed by atoms with Crippen molar-refractivity contribution in [3.63, 3.8) is 0 Å². The number of ether oxygens (including phenoxy) is 1. The second-order valence-corrected chi connectivity index (χ2v) is 4.57. The largest absolute Gasteiger partial charge is 0.508 e. The molecule has 0 saturated carbocycles. The van der Waals surface area contributed by atoms with Crippen molar-refractivity contribution >= 4 is 5.71 Å². The van der Waals surface area contributed by atoms with Gasteiger partial charge in [-0.05, 0) is 37.5 Å². The van der Waals surface area contributed by atoms with Crippen molar-refractivity contribution in [2.45, 2.75) is 19.8 Å². The Labute approximate surface area is 108 Å². The van der Waals surface area contributed by atoms with Crippen LogP contribution in [0.25, 0.3) is 0 Å². The van der Waals surface area contributed by atoms with Gasteiger partial charge in [-0.3, -0.25) is 5.01 Å². The Bertz CT molecular complexity index is 395. The number of nitrogens with zero attached hydrogens (tertiary/aromatic N) is 2. The Morgan fingerprint density at radius 1 is 1.28 bits per heavy atom. The highest BCUT2D eigenvalue weighted by Gasteiger charge is 2.07. The molecule has 0 aromatic heterocycles. The van der Waals surface area contributed by atoms with Gasteiger partial charge in [-0.1, -0.05) is 12.1 Å². The van der Waals surface area contributed by atoms with Gasteiger partial charge >= 0.3 is 0 Å². The maximum Gasteiger partial charge on any atom is 0.115 e. The van der Waals surface area contributed by atoms with E-state index in [1.165, 1.54) is 5.56 Å². The third-order valence-electron chi connectivity index (χ3n) is 3.01. The third kappa shape index (κ3) is 4.04. The van der Waals surface area contributed by atoms with Gasteiger partial charge in [0.1, 0.15) is 5.75 Å². The molecule has 0 atom stereocenters. The molecule has 1 N–H and O–H groups in total. The van der Waals surface area contributed by atoms with Crippen LogP contribution >= 0.6 is 0 Å². The summed E-state index contributed by atoms with van der Waals surface area (Å²) in [5, 5.41) is 15.9. The highest BCUT2D eigenvalue weighted by Crippen LogP contribution is 2.11. The molecule has 1 heterocycles. The summed E-state index contributed by atoms with van der Waals surface area (Å²) in [6, 6.07) is 7.36. The van der Waals surface area contributed by atoms with E-state index in [4.69, 9.17) is 4.74 Å². The molecule has 0 unspecified atom stereocenters. The van der Waals surface area contributed by atoms with Crippen LogP contribution in [0.5, 0.6) is 5.75 Å². The average molecular weight is 248 g/mol. The topological polar surface area (TPSA) is 45.1 Å². The number of hydrogen-bond acceptors (Lipinski definition) is 4. The lowest BCUT2D eigenvalue weighted by atomic mass is 10.1. The first kappa shape index (κ1) is 12.9. The number of morpholine rings is 1. The molecule has 2 rings (SSSR count). The maximum absolute atomic E-state index is 9.21. The van der Waals surface area contributed by atoms with Gasteiger partial charge in [-0.15, -0.1) is 0 Å². The van der Waals surface area contributed by atoms with E-state index in [1.54, 1.807) is 12.1 Å². The quantitative estimate of drug-likeness (QED) is 0.829. The standard InChI is InChI=1S/C14H20N2O2/c1-12(15-16-8-10-18-11-9-16)2-3-13-4-6-14(17)7-5-13/h4-7,17H,2-3,8-11H2,1H3/b15-12-. The summed E-state index contributed by atoms with van der Waals surface area (Å²) in [6.07, 6.45) is 1.90. The van der Waals surface area contributed by atoms with Crippen LogP contribution in [0.4, 0.5) is 0 Å². The van der Waals surface area contributed by atoms with Crippen molar-refractivity contribution in [3.05, 3.63) is 29.8 Å². The van der Waals surface area contributed by atoms with E-state index in [2.05, 4.69) is 17.0 Å². The van der Waals surface area contributed by atoms with Crippen molar-refractivity contribution in [1.82, 2.24) is 5.01 Å². The minimum Gasteiger partial charge on any atom is -0.508 e. The predicted molar refractivity (Wildman–Crippen MR) is 71.9 cm³/mol. The molecule has 1 fully saturated rings. The van der Waals surface area contributed by atoms with Crippen molar-refractivity contribution in [3.8, 4) is 5.75 Å². The first-order valence-electron chi connectivity index (χ1n) is 6.39. The zero-order valence-corrected chi connectivity index (χ0v) is 10.8. The molecule has 1 aliphatic rings. The zero-order valence-electron chi connectivity index (χ0n) is 10.8. The number of phenols is 1. The molecule has 0 radical (unpaired) electrons. The lowest BCUT2D eigenvalue weighted by Gasteiger charge is -2.24. The number of hydrazone groups is 1.